The molecule has 2 fully saturated rings. The summed E-state index contributed by atoms with van der Waals surface area (Å²) in [6.07, 6.45) is 3.31. The average molecular weight is 346 g/mol. The highest BCUT2D eigenvalue weighted by molar-refractivity contribution is 5.78. The molecule has 0 saturated carbocycles. The lowest BCUT2D eigenvalue weighted by molar-refractivity contribution is -0.167. The smallest absolute Gasteiger partial charge is 0.317 e. The van der Waals surface area contributed by atoms with Crippen molar-refractivity contribution in [1.29, 1.82) is 0 Å². The predicted molar refractivity (Wildman–Crippen MR) is 93.1 cm³/mol. The fourth-order valence-electron chi connectivity index (χ4n) is 3.40. The summed E-state index contributed by atoms with van der Waals surface area (Å²) >= 11 is 0. The number of morpholine rings is 1. The number of aryl methyl sites for hydroxylation is 2. The van der Waals surface area contributed by atoms with Gasteiger partial charge in [0.2, 0.25) is 5.91 Å². The third-order valence-corrected chi connectivity index (χ3v) is 5.26. The molecule has 0 aliphatic carbocycles. The van der Waals surface area contributed by atoms with E-state index < -0.39 is 0 Å². The maximum Gasteiger partial charge on any atom is 0.317 e. The molecule has 3 heterocycles. The topological polar surface area (TPSA) is 74.8 Å². The van der Waals surface area contributed by atoms with E-state index >= 15 is 0 Å². The summed E-state index contributed by atoms with van der Waals surface area (Å²) in [6, 6.07) is 1.99. The number of nitrogens with zero attached hydrogens (tertiary/aromatic N) is 3. The Morgan fingerprint density at radius 3 is 2.72 bits per heavy atom. The van der Waals surface area contributed by atoms with Gasteiger partial charge in [0.25, 0.3) is 0 Å². The van der Waals surface area contributed by atoms with E-state index in [1.807, 2.05) is 25.8 Å². The maximum atomic E-state index is 12.4. The van der Waals surface area contributed by atoms with Crippen molar-refractivity contribution in [1.82, 2.24) is 20.1 Å². The van der Waals surface area contributed by atoms with E-state index in [-0.39, 0.29) is 24.1 Å². The number of nitrogens with one attached hydrogen (secondary N) is 1. The summed E-state index contributed by atoms with van der Waals surface area (Å²) < 4.78 is 5.81. The van der Waals surface area contributed by atoms with E-state index in [1.165, 1.54) is 0 Å². The number of hydrogen-bond acceptors (Lipinski definition) is 4. The zero-order valence-electron chi connectivity index (χ0n) is 15.2. The number of likely N-dealkylation sites (tertiary alicyclic amines) is 1. The van der Waals surface area contributed by atoms with Crippen LogP contribution in [0.15, 0.2) is 12.3 Å². The van der Waals surface area contributed by atoms with Crippen LogP contribution in [-0.2, 0) is 16.1 Å². The van der Waals surface area contributed by atoms with E-state index in [2.05, 4.69) is 16.4 Å². The lowest BCUT2D eigenvalue weighted by Gasteiger charge is -2.46. The van der Waals surface area contributed by atoms with Gasteiger partial charge < -0.3 is 19.9 Å². The second-order valence-electron chi connectivity index (χ2n) is 7.11. The first-order valence-electron chi connectivity index (χ1n) is 8.71. The Morgan fingerprint density at radius 2 is 2.08 bits per heavy atom. The zero-order valence-corrected chi connectivity index (χ0v) is 15.2. The van der Waals surface area contributed by atoms with E-state index in [0.29, 0.717) is 26.2 Å². The quantitative estimate of drug-likeness (QED) is 0.874. The molecule has 136 valence electrons. The average Bonchev–Trinajstić information content (AvgIpc) is 2.60. The number of carbonyl (C=O) groups is 2. The van der Waals surface area contributed by atoms with Gasteiger partial charge in [0.05, 0.1) is 5.60 Å². The monoisotopic (exact) mass is 346 g/mol. The first-order valence-corrected chi connectivity index (χ1v) is 8.71. The van der Waals surface area contributed by atoms with Gasteiger partial charge in [-0.3, -0.25) is 9.78 Å². The summed E-state index contributed by atoms with van der Waals surface area (Å²) in [7, 11) is 1.81. The normalized spacial score (nSPS) is 20.0. The van der Waals surface area contributed by atoms with Crippen molar-refractivity contribution in [3.63, 3.8) is 0 Å². The molecule has 0 unspecified atom stereocenters. The van der Waals surface area contributed by atoms with Gasteiger partial charge in [0.1, 0.15) is 6.61 Å². The van der Waals surface area contributed by atoms with Crippen LogP contribution in [0.25, 0.3) is 0 Å². The van der Waals surface area contributed by atoms with Crippen LogP contribution in [0.3, 0.4) is 0 Å². The van der Waals surface area contributed by atoms with Crippen molar-refractivity contribution < 1.29 is 14.3 Å². The summed E-state index contributed by atoms with van der Waals surface area (Å²) in [5, 5.41) is 2.96. The van der Waals surface area contributed by atoms with Crippen molar-refractivity contribution >= 4 is 11.9 Å². The second kappa shape index (κ2) is 7.00. The molecular formula is C18H26N4O3. The van der Waals surface area contributed by atoms with Gasteiger partial charge in [0.15, 0.2) is 0 Å². The van der Waals surface area contributed by atoms with Crippen molar-refractivity contribution in [2.45, 2.75) is 38.8 Å². The summed E-state index contributed by atoms with van der Waals surface area (Å²) in [5.74, 6) is 0.0211. The molecular weight excluding hydrogens is 320 g/mol. The molecule has 2 aliphatic rings. The van der Waals surface area contributed by atoms with Gasteiger partial charge in [-0.1, -0.05) is 6.07 Å². The van der Waals surface area contributed by atoms with Gasteiger partial charge in [-0.05, 0) is 37.8 Å². The number of rotatable bonds is 2. The number of piperidine rings is 1. The highest BCUT2D eigenvalue weighted by Gasteiger charge is 2.41. The Morgan fingerprint density at radius 1 is 1.36 bits per heavy atom. The third-order valence-electron chi connectivity index (χ3n) is 5.26. The highest BCUT2D eigenvalue weighted by Crippen LogP contribution is 2.30. The molecule has 0 atom stereocenters. The number of likely N-dealkylation sites (N-methyl/N-ethyl adjacent to an activating group) is 1. The molecule has 1 aromatic heterocycles. The van der Waals surface area contributed by atoms with Crippen LogP contribution < -0.4 is 5.32 Å². The fourth-order valence-corrected chi connectivity index (χ4v) is 3.40. The van der Waals surface area contributed by atoms with Gasteiger partial charge in [-0.15, -0.1) is 0 Å². The lowest BCUT2D eigenvalue weighted by atomic mass is 9.89. The fraction of sp³-hybridized carbons (Fsp3) is 0.611. The van der Waals surface area contributed by atoms with Crippen molar-refractivity contribution in [2.24, 2.45) is 0 Å². The standard InChI is InChI=1S/C18H26N4O3/c1-13-8-15(9-19-14(13)2)10-20-17(24)22-6-4-18(5-7-22)12-21(3)16(23)11-25-18/h8-9H,4-7,10-12H2,1-3H3,(H,20,24). The van der Waals surface area contributed by atoms with Crippen LogP contribution in [0, 0.1) is 13.8 Å². The Balaban J connectivity index is 1.50. The number of pyridine rings is 1. The Kier molecular flexibility index (Phi) is 4.94. The second-order valence-corrected chi connectivity index (χ2v) is 7.11. The van der Waals surface area contributed by atoms with Crippen LogP contribution in [0.4, 0.5) is 4.79 Å². The third kappa shape index (κ3) is 3.92. The van der Waals surface area contributed by atoms with Gasteiger partial charge in [-0.25, -0.2) is 4.79 Å². The largest absolute Gasteiger partial charge is 0.363 e. The molecule has 25 heavy (non-hydrogen) atoms. The van der Waals surface area contributed by atoms with Gasteiger partial charge >= 0.3 is 6.03 Å². The predicted octanol–water partition coefficient (Wildman–Crippen LogP) is 1.23. The van der Waals surface area contributed by atoms with E-state index in [1.54, 1.807) is 11.1 Å². The Labute approximate surface area is 148 Å². The number of amides is 3. The SMILES string of the molecule is Cc1cc(CNC(=O)N2CCC3(CC2)CN(C)C(=O)CO3)cnc1C. The van der Waals surface area contributed by atoms with E-state index in [9.17, 15) is 9.59 Å². The van der Waals surface area contributed by atoms with Crippen molar-refractivity contribution in [2.75, 3.05) is 33.3 Å². The molecule has 7 heteroatoms. The molecule has 1 N–H and O–H groups in total. The first-order chi connectivity index (χ1) is 11.9. The zero-order chi connectivity index (χ0) is 18.0. The van der Waals surface area contributed by atoms with Crippen LogP contribution in [0.2, 0.25) is 0 Å². The highest BCUT2D eigenvalue weighted by atomic mass is 16.5. The minimum Gasteiger partial charge on any atom is -0.363 e. The summed E-state index contributed by atoms with van der Waals surface area (Å²) in [6.45, 7) is 6.49. The summed E-state index contributed by atoms with van der Waals surface area (Å²) in [4.78, 5) is 31.9. The molecule has 3 amide bonds. The molecule has 2 saturated heterocycles. The molecule has 0 radical (unpaired) electrons. The summed E-state index contributed by atoms with van der Waals surface area (Å²) in [5.41, 5.74) is 2.84. The van der Waals surface area contributed by atoms with Gasteiger partial charge in [-0.2, -0.15) is 0 Å². The first kappa shape index (κ1) is 17.7. The number of hydrogen-bond donors (Lipinski definition) is 1. The van der Waals surface area contributed by atoms with Gasteiger partial charge in [0, 0.05) is 45.1 Å². The number of ether oxygens (including phenoxy) is 1. The molecule has 3 rings (SSSR count). The number of aromatic nitrogens is 1. The van der Waals surface area contributed by atoms with E-state index in [0.717, 1.165) is 29.7 Å². The molecule has 1 aromatic rings. The minimum absolute atomic E-state index is 0.0211. The van der Waals surface area contributed by atoms with Crippen LogP contribution >= 0.6 is 0 Å². The van der Waals surface area contributed by atoms with E-state index in [4.69, 9.17) is 4.74 Å². The number of carbonyl (C=O) groups excluding carboxylic acids is 2. The molecule has 0 aromatic carbocycles. The van der Waals surface area contributed by atoms with Crippen LogP contribution in [0.1, 0.15) is 29.7 Å². The Bertz CT molecular complexity index is 668. The van der Waals surface area contributed by atoms with Crippen molar-refractivity contribution in [3.8, 4) is 0 Å². The molecule has 7 nitrogen and oxygen atoms in total. The number of urea groups is 1. The maximum absolute atomic E-state index is 12.4. The minimum atomic E-state index is -0.294. The van der Waals surface area contributed by atoms with Crippen LogP contribution in [-0.4, -0.2) is 65.6 Å². The van der Waals surface area contributed by atoms with Crippen LogP contribution in [0.5, 0.6) is 0 Å². The molecule has 2 aliphatic heterocycles. The Hall–Kier alpha value is -2.15. The lowest BCUT2D eigenvalue weighted by Crippen LogP contribution is -2.59. The van der Waals surface area contributed by atoms with Crippen molar-refractivity contribution in [3.05, 3.63) is 29.1 Å². The molecule has 0 bridgehead atoms. The molecule has 1 spiro atoms.